The van der Waals surface area contributed by atoms with Crippen molar-refractivity contribution >= 4 is 39.1 Å². The van der Waals surface area contributed by atoms with Crippen LogP contribution in [0, 0.1) is 5.82 Å². The Morgan fingerprint density at radius 3 is 2.58 bits per heavy atom. The highest BCUT2D eigenvalue weighted by Gasteiger charge is 2.15. The molecule has 4 rings (SSSR count). The molecule has 0 aliphatic rings. The molecule has 2 aromatic carbocycles. The summed E-state index contributed by atoms with van der Waals surface area (Å²) in [4.78, 5) is 21.9. The summed E-state index contributed by atoms with van der Waals surface area (Å²) >= 11 is 2.92. The Bertz CT molecular complexity index is 1060. The summed E-state index contributed by atoms with van der Waals surface area (Å²) < 4.78 is 13.2. The van der Waals surface area contributed by atoms with Crippen molar-refractivity contribution in [2.24, 2.45) is 0 Å². The van der Waals surface area contributed by atoms with Gasteiger partial charge in [-0.25, -0.2) is 14.4 Å². The fraction of sp³-hybridized carbons (Fsp3) is 0.0500. The summed E-state index contributed by atoms with van der Waals surface area (Å²) in [7, 11) is 0. The number of fused-ring (bicyclic) bond motifs is 1. The average molecular weight is 380 g/mol. The van der Waals surface area contributed by atoms with Gasteiger partial charge in [0.05, 0.1) is 11.1 Å². The number of Topliss-reactive ketones (excluding diaryl/α,β-unsaturated/α-hetero) is 1. The van der Waals surface area contributed by atoms with Gasteiger partial charge in [0.25, 0.3) is 0 Å². The molecule has 0 aliphatic carbocycles. The molecule has 0 bridgehead atoms. The fourth-order valence-corrected chi connectivity index (χ4v) is 4.53. The molecule has 0 radical (unpaired) electrons. The second-order valence-corrected chi connectivity index (χ2v) is 7.42. The zero-order chi connectivity index (χ0) is 17.9. The molecule has 128 valence electrons. The van der Waals surface area contributed by atoms with E-state index in [1.54, 1.807) is 12.1 Å². The van der Waals surface area contributed by atoms with Crippen LogP contribution in [0.5, 0.6) is 0 Å². The number of thioether (sulfide) groups is 1. The third-order valence-electron chi connectivity index (χ3n) is 3.93. The van der Waals surface area contributed by atoms with E-state index in [0.717, 1.165) is 26.4 Å². The molecule has 0 spiro atoms. The SMILES string of the molecule is O=C(CSc1ncnc2scc(-c3ccc(F)cc3)c12)c1ccccc1. The quantitative estimate of drug-likeness (QED) is 0.261. The number of halogens is 1. The number of hydrogen-bond donors (Lipinski definition) is 0. The van der Waals surface area contributed by atoms with Crippen LogP contribution in [0.4, 0.5) is 4.39 Å². The van der Waals surface area contributed by atoms with Crippen LogP contribution in [0.15, 0.2) is 71.3 Å². The molecule has 0 aliphatic heterocycles. The maximum absolute atomic E-state index is 13.2. The standard InChI is InChI=1S/C20H13FN2OS2/c21-15-8-6-13(7-9-15)16-10-25-19-18(16)20(23-12-22-19)26-11-17(24)14-4-2-1-3-5-14/h1-10,12H,11H2. The average Bonchev–Trinajstić information content (AvgIpc) is 3.12. The van der Waals surface area contributed by atoms with Crippen LogP contribution in [-0.2, 0) is 0 Å². The van der Waals surface area contributed by atoms with Crippen LogP contribution < -0.4 is 0 Å². The molecule has 3 nitrogen and oxygen atoms in total. The maximum atomic E-state index is 13.2. The molecule has 0 unspecified atom stereocenters. The minimum atomic E-state index is -0.271. The summed E-state index contributed by atoms with van der Waals surface area (Å²) in [5.74, 6) is 0.0861. The minimum Gasteiger partial charge on any atom is -0.293 e. The highest BCUT2D eigenvalue weighted by molar-refractivity contribution is 8.00. The van der Waals surface area contributed by atoms with E-state index in [4.69, 9.17) is 0 Å². The van der Waals surface area contributed by atoms with Crippen molar-refractivity contribution in [1.82, 2.24) is 9.97 Å². The Kier molecular flexibility index (Phi) is 4.77. The predicted octanol–water partition coefficient (Wildman–Crippen LogP) is 5.47. The molecule has 2 heterocycles. The van der Waals surface area contributed by atoms with Gasteiger partial charge < -0.3 is 0 Å². The maximum Gasteiger partial charge on any atom is 0.173 e. The Labute approximate surface area is 157 Å². The fourth-order valence-electron chi connectivity index (χ4n) is 2.64. The monoisotopic (exact) mass is 380 g/mol. The zero-order valence-corrected chi connectivity index (χ0v) is 15.2. The molecule has 0 atom stereocenters. The van der Waals surface area contributed by atoms with Crippen LogP contribution in [-0.4, -0.2) is 21.5 Å². The number of ketones is 1. The lowest BCUT2D eigenvalue weighted by Crippen LogP contribution is -2.02. The minimum absolute atomic E-state index is 0.0564. The summed E-state index contributed by atoms with van der Waals surface area (Å²) in [6.07, 6.45) is 1.52. The number of thiophene rings is 1. The molecule has 0 saturated heterocycles. The first-order valence-electron chi connectivity index (χ1n) is 7.91. The molecule has 0 saturated carbocycles. The van der Waals surface area contributed by atoms with Crippen LogP contribution >= 0.6 is 23.1 Å². The molecule has 6 heteroatoms. The summed E-state index contributed by atoms with van der Waals surface area (Å²) in [6, 6.07) is 15.6. The zero-order valence-electron chi connectivity index (χ0n) is 13.6. The van der Waals surface area contributed by atoms with Gasteiger partial charge in [-0.05, 0) is 17.7 Å². The first-order chi connectivity index (χ1) is 12.7. The Morgan fingerprint density at radius 2 is 1.81 bits per heavy atom. The van der Waals surface area contributed by atoms with Crippen LogP contribution in [0.3, 0.4) is 0 Å². The van der Waals surface area contributed by atoms with Gasteiger partial charge >= 0.3 is 0 Å². The number of rotatable bonds is 5. The van der Waals surface area contributed by atoms with Crippen LogP contribution in [0.2, 0.25) is 0 Å². The largest absolute Gasteiger partial charge is 0.293 e. The highest BCUT2D eigenvalue weighted by atomic mass is 32.2. The highest BCUT2D eigenvalue weighted by Crippen LogP contribution is 2.37. The van der Waals surface area contributed by atoms with Crippen molar-refractivity contribution in [1.29, 1.82) is 0 Å². The van der Waals surface area contributed by atoms with E-state index in [-0.39, 0.29) is 11.6 Å². The Hall–Kier alpha value is -2.57. The number of hydrogen-bond acceptors (Lipinski definition) is 5. The van der Waals surface area contributed by atoms with Gasteiger partial charge in [-0.2, -0.15) is 0 Å². The first-order valence-corrected chi connectivity index (χ1v) is 9.78. The van der Waals surface area contributed by atoms with Gasteiger partial charge in [-0.1, -0.05) is 54.2 Å². The lowest BCUT2D eigenvalue weighted by molar-refractivity contribution is 0.102. The van der Waals surface area contributed by atoms with Gasteiger partial charge in [-0.3, -0.25) is 4.79 Å². The van der Waals surface area contributed by atoms with Crippen molar-refractivity contribution in [3.8, 4) is 11.1 Å². The third kappa shape index (κ3) is 3.38. The van der Waals surface area contributed by atoms with Gasteiger partial charge in [0.15, 0.2) is 5.78 Å². The molecule has 2 aromatic heterocycles. The van der Waals surface area contributed by atoms with Crippen molar-refractivity contribution in [3.05, 3.63) is 77.7 Å². The van der Waals surface area contributed by atoms with E-state index in [1.807, 2.05) is 35.7 Å². The van der Waals surface area contributed by atoms with Crippen molar-refractivity contribution in [2.75, 3.05) is 5.75 Å². The second kappa shape index (κ2) is 7.35. The molecule has 0 fully saturated rings. The van der Waals surface area contributed by atoms with E-state index in [2.05, 4.69) is 9.97 Å². The van der Waals surface area contributed by atoms with Crippen molar-refractivity contribution in [2.45, 2.75) is 5.03 Å². The molecular formula is C20H13FN2OS2. The van der Waals surface area contributed by atoms with Gasteiger partial charge in [-0.15, -0.1) is 11.3 Å². The molecule has 0 amide bonds. The second-order valence-electron chi connectivity index (χ2n) is 5.59. The number of nitrogens with zero attached hydrogens (tertiary/aromatic N) is 2. The molecule has 0 N–H and O–H groups in total. The van der Waals surface area contributed by atoms with Gasteiger partial charge in [0.1, 0.15) is 22.0 Å². The normalized spacial score (nSPS) is 11.0. The van der Waals surface area contributed by atoms with E-state index >= 15 is 0 Å². The Balaban J connectivity index is 1.66. The number of aromatic nitrogens is 2. The number of carbonyl (C=O) groups excluding carboxylic acids is 1. The lowest BCUT2D eigenvalue weighted by Gasteiger charge is -2.05. The van der Waals surface area contributed by atoms with Crippen molar-refractivity contribution < 1.29 is 9.18 Å². The first kappa shape index (κ1) is 16.9. The topological polar surface area (TPSA) is 42.9 Å². The van der Waals surface area contributed by atoms with E-state index < -0.39 is 0 Å². The summed E-state index contributed by atoms with van der Waals surface area (Å²) in [5.41, 5.74) is 2.55. The summed E-state index contributed by atoms with van der Waals surface area (Å²) in [5, 5.41) is 3.67. The van der Waals surface area contributed by atoms with Gasteiger partial charge in [0, 0.05) is 16.5 Å². The summed E-state index contributed by atoms with van der Waals surface area (Å²) in [6.45, 7) is 0. The lowest BCUT2D eigenvalue weighted by atomic mass is 10.1. The molecular weight excluding hydrogens is 367 g/mol. The third-order valence-corrected chi connectivity index (χ3v) is 5.80. The smallest absolute Gasteiger partial charge is 0.173 e. The molecule has 26 heavy (non-hydrogen) atoms. The van der Waals surface area contributed by atoms with E-state index in [0.29, 0.717) is 11.3 Å². The number of carbonyl (C=O) groups is 1. The van der Waals surface area contributed by atoms with Crippen molar-refractivity contribution in [3.63, 3.8) is 0 Å². The number of benzene rings is 2. The van der Waals surface area contributed by atoms with Crippen LogP contribution in [0.1, 0.15) is 10.4 Å². The Morgan fingerprint density at radius 1 is 1.04 bits per heavy atom. The van der Waals surface area contributed by atoms with E-state index in [1.165, 1.54) is 41.6 Å². The molecule has 4 aromatic rings. The predicted molar refractivity (Wildman–Crippen MR) is 104 cm³/mol. The van der Waals surface area contributed by atoms with Crippen LogP contribution in [0.25, 0.3) is 21.3 Å². The van der Waals surface area contributed by atoms with Gasteiger partial charge in [0.2, 0.25) is 0 Å². The van der Waals surface area contributed by atoms with E-state index in [9.17, 15) is 9.18 Å².